The summed E-state index contributed by atoms with van der Waals surface area (Å²) in [6.07, 6.45) is 0. The molecule has 1 aromatic heterocycles. The lowest BCUT2D eigenvalue weighted by Crippen LogP contribution is -2.01. The fraction of sp³-hybridized carbons (Fsp3) is 0.0833. The fourth-order valence-electron chi connectivity index (χ4n) is 1.39. The quantitative estimate of drug-likeness (QED) is 0.743. The molecule has 0 atom stereocenters. The molecule has 0 unspecified atom stereocenters. The van der Waals surface area contributed by atoms with Gasteiger partial charge in [-0.3, -0.25) is 0 Å². The highest BCUT2D eigenvalue weighted by Gasteiger charge is 2.06. The van der Waals surface area contributed by atoms with Gasteiger partial charge in [-0.15, -0.1) is 0 Å². The van der Waals surface area contributed by atoms with E-state index in [9.17, 15) is 0 Å². The maximum atomic E-state index is 5.88. The molecule has 0 aliphatic heterocycles. The number of nitrogens with one attached hydrogen (secondary N) is 1. The van der Waals surface area contributed by atoms with Crippen LogP contribution in [0.3, 0.4) is 0 Å². The monoisotopic (exact) mass is 419 g/mol. The van der Waals surface area contributed by atoms with Crippen molar-refractivity contribution < 1.29 is 4.74 Å². The summed E-state index contributed by atoms with van der Waals surface area (Å²) in [4.78, 5) is 4.28. The molecule has 0 bridgehead atoms. The van der Waals surface area contributed by atoms with Crippen LogP contribution in [0.2, 0.25) is 0 Å². The van der Waals surface area contributed by atoms with Crippen molar-refractivity contribution in [3.8, 4) is 5.88 Å². The Balaban J connectivity index is 2.36. The van der Waals surface area contributed by atoms with Crippen LogP contribution in [0.5, 0.6) is 5.88 Å². The number of anilines is 3. The number of rotatable bonds is 3. The fourth-order valence-corrected chi connectivity index (χ4v) is 2.22. The lowest BCUT2D eigenvalue weighted by Gasteiger charge is -2.11. The van der Waals surface area contributed by atoms with E-state index in [0.29, 0.717) is 17.4 Å². The van der Waals surface area contributed by atoms with Crippen molar-refractivity contribution in [1.82, 2.24) is 4.98 Å². The number of benzene rings is 1. The summed E-state index contributed by atoms with van der Waals surface area (Å²) < 4.78 is 7.16. The number of hydrogen-bond acceptors (Lipinski definition) is 4. The maximum Gasteiger partial charge on any atom is 0.215 e. The standard InChI is InChI=1S/C12H11BrIN3O/c1-18-11-5-4-9(15)12(17-11)16-10-6-7(14)2-3-8(10)13/h2-6H,15H2,1H3,(H,16,17). The number of halogens is 2. The van der Waals surface area contributed by atoms with E-state index in [1.807, 2.05) is 18.2 Å². The third kappa shape index (κ3) is 3.05. The first-order valence-electron chi connectivity index (χ1n) is 5.12. The summed E-state index contributed by atoms with van der Waals surface area (Å²) in [5, 5.41) is 3.19. The van der Waals surface area contributed by atoms with E-state index < -0.39 is 0 Å². The average Bonchev–Trinajstić information content (AvgIpc) is 2.36. The molecule has 0 aliphatic carbocycles. The Morgan fingerprint density at radius 1 is 1.33 bits per heavy atom. The summed E-state index contributed by atoms with van der Waals surface area (Å²) in [5.74, 6) is 1.10. The van der Waals surface area contributed by atoms with Gasteiger partial charge in [0, 0.05) is 14.1 Å². The summed E-state index contributed by atoms with van der Waals surface area (Å²) in [6.45, 7) is 0. The van der Waals surface area contributed by atoms with Crippen molar-refractivity contribution in [3.63, 3.8) is 0 Å². The van der Waals surface area contributed by atoms with E-state index in [0.717, 1.165) is 13.7 Å². The van der Waals surface area contributed by atoms with E-state index in [2.05, 4.69) is 48.8 Å². The number of nitrogen functional groups attached to an aromatic ring is 1. The highest BCUT2D eigenvalue weighted by molar-refractivity contribution is 14.1. The minimum Gasteiger partial charge on any atom is -0.481 e. The molecule has 3 N–H and O–H groups in total. The van der Waals surface area contributed by atoms with Crippen LogP contribution < -0.4 is 15.8 Å². The third-order valence-corrected chi connectivity index (χ3v) is 3.65. The molecule has 0 saturated heterocycles. The largest absolute Gasteiger partial charge is 0.481 e. The number of pyridine rings is 1. The first-order chi connectivity index (χ1) is 8.60. The van der Waals surface area contributed by atoms with Crippen molar-refractivity contribution in [2.24, 2.45) is 0 Å². The molecule has 2 aromatic rings. The third-order valence-electron chi connectivity index (χ3n) is 2.29. The van der Waals surface area contributed by atoms with Crippen molar-refractivity contribution in [2.45, 2.75) is 0 Å². The van der Waals surface area contributed by atoms with Gasteiger partial charge in [0.15, 0.2) is 5.82 Å². The van der Waals surface area contributed by atoms with Gasteiger partial charge in [0.2, 0.25) is 5.88 Å². The molecule has 1 aromatic carbocycles. The molecular weight excluding hydrogens is 409 g/mol. The molecule has 0 radical (unpaired) electrons. The predicted molar refractivity (Wildman–Crippen MR) is 85.3 cm³/mol. The molecule has 18 heavy (non-hydrogen) atoms. The normalized spacial score (nSPS) is 10.2. The molecule has 4 nitrogen and oxygen atoms in total. The van der Waals surface area contributed by atoms with Crippen molar-refractivity contribution in [2.75, 3.05) is 18.2 Å². The first-order valence-corrected chi connectivity index (χ1v) is 7.00. The second-order valence-electron chi connectivity index (χ2n) is 3.54. The number of methoxy groups -OCH3 is 1. The zero-order valence-electron chi connectivity index (χ0n) is 9.58. The van der Waals surface area contributed by atoms with Crippen LogP contribution in [0, 0.1) is 3.57 Å². The van der Waals surface area contributed by atoms with E-state index >= 15 is 0 Å². The Morgan fingerprint density at radius 3 is 2.83 bits per heavy atom. The summed E-state index contributed by atoms with van der Waals surface area (Å²) in [7, 11) is 1.57. The zero-order valence-corrected chi connectivity index (χ0v) is 13.3. The molecule has 0 amide bonds. The highest BCUT2D eigenvalue weighted by atomic mass is 127. The molecule has 0 spiro atoms. The number of nitrogens with two attached hydrogens (primary N) is 1. The maximum absolute atomic E-state index is 5.88. The van der Waals surface area contributed by atoms with Gasteiger partial charge in [-0.2, -0.15) is 4.98 Å². The van der Waals surface area contributed by atoms with Crippen LogP contribution in [0.1, 0.15) is 0 Å². The lowest BCUT2D eigenvalue weighted by atomic mass is 10.3. The van der Waals surface area contributed by atoms with Gasteiger partial charge in [-0.25, -0.2) is 0 Å². The van der Waals surface area contributed by atoms with Gasteiger partial charge in [0.1, 0.15) is 0 Å². The Kier molecular flexibility index (Phi) is 4.28. The smallest absolute Gasteiger partial charge is 0.215 e. The van der Waals surface area contributed by atoms with E-state index in [4.69, 9.17) is 10.5 Å². The summed E-state index contributed by atoms with van der Waals surface area (Å²) in [5.41, 5.74) is 7.36. The molecule has 6 heteroatoms. The van der Waals surface area contributed by atoms with Crippen LogP contribution >= 0.6 is 38.5 Å². The van der Waals surface area contributed by atoms with E-state index in [1.54, 1.807) is 19.2 Å². The van der Waals surface area contributed by atoms with Gasteiger partial charge < -0.3 is 15.8 Å². The Hall–Kier alpha value is -1.02. The number of ether oxygens (including phenoxy) is 1. The second kappa shape index (κ2) is 5.75. The SMILES string of the molecule is COc1ccc(N)c(Nc2cc(I)ccc2Br)n1. The number of nitrogens with zero attached hydrogens (tertiary/aromatic N) is 1. The van der Waals surface area contributed by atoms with Crippen LogP contribution in [-0.2, 0) is 0 Å². The average molecular weight is 420 g/mol. The molecule has 0 saturated carbocycles. The Bertz CT molecular complexity index is 577. The van der Waals surface area contributed by atoms with Gasteiger partial charge in [-0.05, 0) is 62.8 Å². The summed E-state index contributed by atoms with van der Waals surface area (Å²) >= 11 is 5.73. The molecule has 1 heterocycles. The van der Waals surface area contributed by atoms with E-state index in [-0.39, 0.29) is 0 Å². The predicted octanol–water partition coefficient (Wildman–Crippen LogP) is 3.78. The van der Waals surface area contributed by atoms with Crippen LogP contribution in [-0.4, -0.2) is 12.1 Å². The summed E-state index contributed by atoms with van der Waals surface area (Å²) in [6, 6.07) is 9.48. The van der Waals surface area contributed by atoms with Gasteiger partial charge >= 0.3 is 0 Å². The van der Waals surface area contributed by atoms with Gasteiger partial charge in [0.25, 0.3) is 0 Å². The highest BCUT2D eigenvalue weighted by Crippen LogP contribution is 2.29. The second-order valence-corrected chi connectivity index (χ2v) is 5.64. The van der Waals surface area contributed by atoms with Crippen molar-refractivity contribution in [3.05, 3.63) is 38.4 Å². The zero-order chi connectivity index (χ0) is 13.1. The van der Waals surface area contributed by atoms with Crippen LogP contribution in [0.25, 0.3) is 0 Å². The molecular formula is C12H11BrIN3O. The van der Waals surface area contributed by atoms with Gasteiger partial charge in [-0.1, -0.05) is 0 Å². The Labute approximate surface area is 127 Å². The number of hydrogen-bond donors (Lipinski definition) is 2. The minimum atomic E-state index is 0.522. The minimum absolute atomic E-state index is 0.522. The number of aromatic nitrogens is 1. The first kappa shape index (κ1) is 13.4. The molecule has 94 valence electrons. The lowest BCUT2D eigenvalue weighted by molar-refractivity contribution is 0.398. The topological polar surface area (TPSA) is 60.2 Å². The van der Waals surface area contributed by atoms with Crippen LogP contribution in [0.4, 0.5) is 17.2 Å². The van der Waals surface area contributed by atoms with Gasteiger partial charge in [0.05, 0.1) is 18.5 Å². The van der Waals surface area contributed by atoms with Crippen molar-refractivity contribution in [1.29, 1.82) is 0 Å². The Morgan fingerprint density at radius 2 is 2.11 bits per heavy atom. The molecule has 0 aliphatic rings. The van der Waals surface area contributed by atoms with E-state index in [1.165, 1.54) is 0 Å². The molecule has 2 rings (SSSR count). The van der Waals surface area contributed by atoms with Crippen LogP contribution in [0.15, 0.2) is 34.8 Å². The van der Waals surface area contributed by atoms with Crippen molar-refractivity contribution >= 4 is 55.7 Å². The molecule has 0 fully saturated rings.